The number of hydrogen-bond acceptors (Lipinski definition) is 2. The van der Waals surface area contributed by atoms with Gasteiger partial charge in [-0.2, -0.15) is 0 Å². The summed E-state index contributed by atoms with van der Waals surface area (Å²) in [5.41, 5.74) is 3.41. The molecule has 25 heavy (non-hydrogen) atoms. The van der Waals surface area contributed by atoms with Crippen molar-refractivity contribution in [1.82, 2.24) is 0 Å². The van der Waals surface area contributed by atoms with Crippen LogP contribution in [-0.2, 0) is 9.59 Å². The maximum Gasteiger partial charge on any atom is 0.229 e. The minimum absolute atomic E-state index is 0.0500. The summed E-state index contributed by atoms with van der Waals surface area (Å²) in [6, 6.07) is 10.8. The Morgan fingerprint density at radius 1 is 1.16 bits per heavy atom. The van der Waals surface area contributed by atoms with Gasteiger partial charge in [0.25, 0.3) is 0 Å². The zero-order valence-electron chi connectivity index (χ0n) is 14.0. The lowest BCUT2D eigenvalue weighted by Gasteiger charge is -2.19. The van der Waals surface area contributed by atoms with Gasteiger partial charge >= 0.3 is 0 Å². The second-order valence-corrected chi connectivity index (χ2v) is 7.15. The van der Waals surface area contributed by atoms with Crippen LogP contribution in [-0.4, -0.2) is 18.4 Å². The van der Waals surface area contributed by atoms with Crippen LogP contribution >= 0.6 is 23.2 Å². The van der Waals surface area contributed by atoms with Gasteiger partial charge in [0.05, 0.1) is 16.6 Å². The molecule has 0 spiro atoms. The fourth-order valence-electron chi connectivity index (χ4n) is 2.95. The van der Waals surface area contributed by atoms with Gasteiger partial charge in [0, 0.05) is 23.7 Å². The van der Waals surface area contributed by atoms with E-state index in [9.17, 15) is 9.59 Å². The number of aryl methyl sites for hydroxylation is 2. The minimum atomic E-state index is -0.428. The van der Waals surface area contributed by atoms with E-state index in [1.807, 2.05) is 32.0 Å². The smallest absolute Gasteiger partial charge is 0.229 e. The number of carbonyl (C=O) groups is 2. The van der Waals surface area contributed by atoms with Gasteiger partial charge in [-0.1, -0.05) is 35.3 Å². The van der Waals surface area contributed by atoms with E-state index in [1.165, 1.54) is 0 Å². The number of halogens is 2. The Morgan fingerprint density at radius 3 is 2.68 bits per heavy atom. The summed E-state index contributed by atoms with van der Waals surface area (Å²) in [7, 11) is 0. The maximum atomic E-state index is 12.6. The molecule has 1 atom stereocenters. The van der Waals surface area contributed by atoms with Gasteiger partial charge in [-0.15, -0.1) is 0 Å². The summed E-state index contributed by atoms with van der Waals surface area (Å²) in [6.45, 7) is 4.29. The molecule has 4 nitrogen and oxygen atoms in total. The van der Waals surface area contributed by atoms with Crippen molar-refractivity contribution in [2.24, 2.45) is 5.92 Å². The van der Waals surface area contributed by atoms with Crippen LogP contribution < -0.4 is 10.2 Å². The number of hydrogen-bond donors (Lipinski definition) is 1. The first-order chi connectivity index (χ1) is 11.8. The summed E-state index contributed by atoms with van der Waals surface area (Å²) in [5.74, 6) is -0.709. The van der Waals surface area contributed by atoms with E-state index in [1.54, 1.807) is 23.1 Å². The first kappa shape index (κ1) is 17.8. The summed E-state index contributed by atoms with van der Waals surface area (Å²) >= 11 is 12.0. The predicted octanol–water partition coefficient (Wildman–Crippen LogP) is 4.60. The topological polar surface area (TPSA) is 49.4 Å². The van der Waals surface area contributed by atoms with Crippen LogP contribution in [0.4, 0.5) is 11.4 Å². The van der Waals surface area contributed by atoms with Gasteiger partial charge in [0.1, 0.15) is 0 Å². The van der Waals surface area contributed by atoms with E-state index >= 15 is 0 Å². The van der Waals surface area contributed by atoms with Gasteiger partial charge in [-0.3, -0.25) is 9.59 Å². The zero-order valence-corrected chi connectivity index (χ0v) is 15.5. The molecule has 3 rings (SSSR count). The number of benzene rings is 2. The molecule has 2 aromatic rings. The van der Waals surface area contributed by atoms with Crippen LogP contribution in [0.15, 0.2) is 36.4 Å². The van der Waals surface area contributed by atoms with Crippen LogP contribution in [0.5, 0.6) is 0 Å². The third-order valence-electron chi connectivity index (χ3n) is 4.34. The predicted molar refractivity (Wildman–Crippen MR) is 101 cm³/mol. The van der Waals surface area contributed by atoms with Crippen molar-refractivity contribution in [3.8, 4) is 0 Å². The van der Waals surface area contributed by atoms with Crippen molar-refractivity contribution in [2.45, 2.75) is 20.3 Å². The lowest BCUT2D eigenvalue weighted by Crippen LogP contribution is -2.28. The summed E-state index contributed by atoms with van der Waals surface area (Å²) in [4.78, 5) is 26.7. The molecule has 6 heteroatoms. The molecule has 1 saturated heterocycles. The molecule has 0 bridgehead atoms. The second-order valence-electron chi connectivity index (χ2n) is 6.31. The van der Waals surface area contributed by atoms with Crippen molar-refractivity contribution in [3.63, 3.8) is 0 Å². The first-order valence-corrected chi connectivity index (χ1v) is 8.74. The highest BCUT2D eigenvalue weighted by atomic mass is 35.5. The van der Waals surface area contributed by atoms with Gasteiger partial charge in [-0.05, 0) is 49.2 Å². The quantitative estimate of drug-likeness (QED) is 0.850. The number of amides is 2. The zero-order chi connectivity index (χ0) is 18.1. The van der Waals surface area contributed by atoms with E-state index in [2.05, 4.69) is 5.32 Å². The van der Waals surface area contributed by atoms with E-state index in [-0.39, 0.29) is 18.2 Å². The molecule has 1 aliphatic rings. The van der Waals surface area contributed by atoms with E-state index in [0.717, 1.165) is 16.8 Å². The van der Waals surface area contributed by atoms with Crippen LogP contribution in [0.3, 0.4) is 0 Å². The Labute approximate surface area is 156 Å². The van der Waals surface area contributed by atoms with Crippen LogP contribution in [0.25, 0.3) is 0 Å². The van der Waals surface area contributed by atoms with Crippen molar-refractivity contribution in [2.75, 3.05) is 16.8 Å². The summed E-state index contributed by atoms with van der Waals surface area (Å²) in [5, 5.41) is 3.67. The molecule has 130 valence electrons. The lowest BCUT2D eigenvalue weighted by molar-refractivity contribution is -0.122. The minimum Gasteiger partial charge on any atom is -0.324 e. The third kappa shape index (κ3) is 3.80. The molecule has 1 unspecified atom stereocenters. The maximum absolute atomic E-state index is 12.6. The first-order valence-electron chi connectivity index (χ1n) is 7.98. The Kier molecular flexibility index (Phi) is 5.02. The molecule has 0 saturated carbocycles. The monoisotopic (exact) mass is 376 g/mol. The standard InChI is InChI=1S/C19H18Cl2N2O2/c1-11-3-4-12(2)17(7-11)23-10-13(8-18(23)24)19(25)22-16-9-14(20)5-6-15(16)21/h3-7,9,13H,8,10H2,1-2H3,(H,22,25). The molecule has 0 aliphatic carbocycles. The molecule has 1 heterocycles. The Bertz CT molecular complexity index is 851. The molecule has 1 N–H and O–H groups in total. The molecule has 0 radical (unpaired) electrons. The Morgan fingerprint density at radius 2 is 1.92 bits per heavy atom. The average Bonchev–Trinajstić information content (AvgIpc) is 2.95. The largest absolute Gasteiger partial charge is 0.324 e. The number of nitrogens with one attached hydrogen (secondary N) is 1. The van der Waals surface area contributed by atoms with Gasteiger partial charge in [0.2, 0.25) is 11.8 Å². The Balaban J connectivity index is 1.77. The SMILES string of the molecule is Cc1ccc(C)c(N2CC(C(=O)Nc3cc(Cl)ccc3Cl)CC2=O)c1. The summed E-state index contributed by atoms with van der Waals surface area (Å²) in [6.07, 6.45) is 0.178. The van der Waals surface area contributed by atoms with Crippen LogP contribution in [0.1, 0.15) is 17.5 Å². The fourth-order valence-corrected chi connectivity index (χ4v) is 3.29. The molecule has 2 amide bonds. The molecule has 0 aromatic heterocycles. The van der Waals surface area contributed by atoms with Gasteiger partial charge < -0.3 is 10.2 Å². The second kappa shape index (κ2) is 7.06. The van der Waals surface area contributed by atoms with E-state index in [0.29, 0.717) is 22.3 Å². The normalized spacial score (nSPS) is 17.0. The van der Waals surface area contributed by atoms with Crippen molar-refractivity contribution in [1.29, 1.82) is 0 Å². The van der Waals surface area contributed by atoms with Gasteiger partial charge in [0.15, 0.2) is 0 Å². The highest BCUT2D eigenvalue weighted by molar-refractivity contribution is 6.35. The lowest BCUT2D eigenvalue weighted by atomic mass is 10.1. The van der Waals surface area contributed by atoms with Gasteiger partial charge in [-0.25, -0.2) is 0 Å². The number of rotatable bonds is 3. The Hall–Kier alpha value is -2.04. The highest BCUT2D eigenvalue weighted by Crippen LogP contribution is 2.31. The van der Waals surface area contributed by atoms with Crippen molar-refractivity contribution in [3.05, 3.63) is 57.6 Å². The third-order valence-corrected chi connectivity index (χ3v) is 4.90. The molecule has 2 aromatic carbocycles. The molecule has 1 fully saturated rings. The number of carbonyl (C=O) groups excluding carboxylic acids is 2. The molecular formula is C19H18Cl2N2O2. The summed E-state index contributed by atoms with van der Waals surface area (Å²) < 4.78 is 0. The number of anilines is 2. The van der Waals surface area contributed by atoms with E-state index < -0.39 is 5.92 Å². The number of nitrogens with zero attached hydrogens (tertiary/aromatic N) is 1. The average molecular weight is 377 g/mol. The highest BCUT2D eigenvalue weighted by Gasteiger charge is 2.35. The van der Waals surface area contributed by atoms with Crippen molar-refractivity contribution >= 4 is 46.4 Å². The fraction of sp³-hybridized carbons (Fsp3) is 0.263. The molecular weight excluding hydrogens is 359 g/mol. The van der Waals surface area contributed by atoms with E-state index in [4.69, 9.17) is 23.2 Å². The molecule has 1 aliphatic heterocycles. The van der Waals surface area contributed by atoms with Crippen molar-refractivity contribution < 1.29 is 9.59 Å². The van der Waals surface area contributed by atoms with Crippen LogP contribution in [0, 0.1) is 19.8 Å². The van der Waals surface area contributed by atoms with Crippen LogP contribution in [0.2, 0.25) is 10.0 Å².